The van der Waals surface area contributed by atoms with Gasteiger partial charge in [-0.1, -0.05) is 35.9 Å². The molecule has 0 aromatic heterocycles. The Morgan fingerprint density at radius 1 is 1.25 bits per heavy atom. The van der Waals surface area contributed by atoms with Gasteiger partial charge in [0.05, 0.1) is 7.11 Å². The second-order valence-electron chi connectivity index (χ2n) is 5.04. The molecule has 1 atom stereocenters. The topological polar surface area (TPSA) is 35.2 Å². The summed E-state index contributed by atoms with van der Waals surface area (Å²) >= 11 is 6.18. The monoisotopic (exact) mass is 293 g/mol. The molecule has 1 unspecified atom stereocenters. The van der Waals surface area contributed by atoms with Crippen LogP contribution in [0.5, 0.6) is 5.75 Å². The average molecular weight is 294 g/mol. The maximum atomic E-state index is 13.7. The van der Waals surface area contributed by atoms with Gasteiger partial charge in [0.1, 0.15) is 0 Å². The van der Waals surface area contributed by atoms with Crippen molar-refractivity contribution in [3.8, 4) is 5.75 Å². The minimum Gasteiger partial charge on any atom is -0.494 e. The maximum absolute atomic E-state index is 13.7. The molecule has 2 aromatic rings. The number of hydrogen-bond acceptors (Lipinski definition) is 2. The van der Waals surface area contributed by atoms with E-state index < -0.39 is 5.54 Å². The van der Waals surface area contributed by atoms with E-state index in [0.717, 1.165) is 11.1 Å². The predicted octanol–water partition coefficient (Wildman–Crippen LogP) is 3.90. The zero-order chi connectivity index (χ0) is 14.8. The van der Waals surface area contributed by atoms with Crippen LogP contribution >= 0.6 is 11.6 Å². The van der Waals surface area contributed by atoms with Crippen LogP contribution in [0.25, 0.3) is 0 Å². The number of methoxy groups -OCH3 is 1. The van der Waals surface area contributed by atoms with E-state index in [1.54, 1.807) is 12.1 Å². The summed E-state index contributed by atoms with van der Waals surface area (Å²) in [5.74, 6) is -0.162. The summed E-state index contributed by atoms with van der Waals surface area (Å²) in [5.41, 5.74) is 7.33. The molecule has 4 heteroatoms. The van der Waals surface area contributed by atoms with E-state index in [1.165, 1.54) is 13.2 Å². The van der Waals surface area contributed by atoms with Crippen LogP contribution < -0.4 is 10.5 Å². The molecule has 2 nitrogen and oxygen atoms in total. The zero-order valence-electron chi connectivity index (χ0n) is 11.5. The largest absolute Gasteiger partial charge is 0.494 e. The zero-order valence-corrected chi connectivity index (χ0v) is 12.2. The Hall–Kier alpha value is -1.58. The summed E-state index contributed by atoms with van der Waals surface area (Å²) in [6.07, 6.45) is 0.484. The van der Waals surface area contributed by atoms with Crippen molar-refractivity contribution in [2.45, 2.75) is 18.9 Å². The molecule has 2 N–H and O–H groups in total. The molecule has 0 fully saturated rings. The molecule has 0 spiro atoms. The van der Waals surface area contributed by atoms with Crippen molar-refractivity contribution in [1.29, 1.82) is 0 Å². The van der Waals surface area contributed by atoms with Crippen LogP contribution in [0.1, 0.15) is 18.1 Å². The van der Waals surface area contributed by atoms with Gasteiger partial charge in [-0.05, 0) is 42.7 Å². The maximum Gasteiger partial charge on any atom is 0.165 e. The van der Waals surface area contributed by atoms with Crippen molar-refractivity contribution in [3.05, 3.63) is 64.4 Å². The lowest BCUT2D eigenvalue weighted by molar-refractivity contribution is 0.385. The minimum absolute atomic E-state index is 0.227. The summed E-state index contributed by atoms with van der Waals surface area (Å²) < 4.78 is 18.6. The van der Waals surface area contributed by atoms with Crippen LogP contribution in [0.3, 0.4) is 0 Å². The van der Waals surface area contributed by atoms with Gasteiger partial charge in [0, 0.05) is 10.6 Å². The fraction of sp³-hybridized carbons (Fsp3) is 0.250. The Morgan fingerprint density at radius 3 is 2.55 bits per heavy atom. The van der Waals surface area contributed by atoms with Gasteiger partial charge in [-0.15, -0.1) is 0 Å². The molecule has 0 heterocycles. The SMILES string of the molecule is COc1ccc(CC(C)(N)c2ccccc2Cl)cc1F. The second-order valence-corrected chi connectivity index (χ2v) is 5.45. The lowest BCUT2D eigenvalue weighted by atomic mass is 9.86. The van der Waals surface area contributed by atoms with E-state index in [9.17, 15) is 4.39 Å². The molecular weight excluding hydrogens is 277 g/mol. The molecule has 2 aromatic carbocycles. The van der Waals surface area contributed by atoms with Gasteiger partial charge in [-0.2, -0.15) is 0 Å². The number of ether oxygens (including phenoxy) is 1. The average Bonchev–Trinajstić information content (AvgIpc) is 2.38. The van der Waals surface area contributed by atoms with Gasteiger partial charge < -0.3 is 10.5 Å². The van der Waals surface area contributed by atoms with Gasteiger partial charge in [-0.3, -0.25) is 0 Å². The molecule has 20 heavy (non-hydrogen) atoms. The highest BCUT2D eigenvalue weighted by molar-refractivity contribution is 6.31. The van der Waals surface area contributed by atoms with E-state index >= 15 is 0 Å². The van der Waals surface area contributed by atoms with Gasteiger partial charge >= 0.3 is 0 Å². The van der Waals surface area contributed by atoms with Gasteiger partial charge in [0.25, 0.3) is 0 Å². The molecule has 0 radical (unpaired) electrons. The van der Waals surface area contributed by atoms with E-state index in [0.29, 0.717) is 11.4 Å². The molecule has 0 aliphatic rings. The highest BCUT2D eigenvalue weighted by atomic mass is 35.5. The van der Waals surface area contributed by atoms with Crippen molar-refractivity contribution in [2.75, 3.05) is 7.11 Å². The highest BCUT2D eigenvalue weighted by Crippen LogP contribution is 2.30. The van der Waals surface area contributed by atoms with E-state index in [1.807, 2.05) is 31.2 Å². The van der Waals surface area contributed by atoms with Crippen LogP contribution in [0.4, 0.5) is 4.39 Å². The Bertz CT molecular complexity index is 613. The summed E-state index contributed by atoms with van der Waals surface area (Å²) in [4.78, 5) is 0. The van der Waals surface area contributed by atoms with Gasteiger partial charge in [0.2, 0.25) is 0 Å². The molecule has 0 aliphatic carbocycles. The third kappa shape index (κ3) is 3.11. The molecular formula is C16H17ClFNO. The van der Waals surface area contributed by atoms with Crippen LogP contribution in [0.15, 0.2) is 42.5 Å². The Labute approximate surface area is 123 Å². The molecule has 2 rings (SSSR count). The van der Waals surface area contributed by atoms with Gasteiger partial charge in [0.15, 0.2) is 11.6 Å². The molecule has 106 valence electrons. The van der Waals surface area contributed by atoms with E-state index in [-0.39, 0.29) is 11.6 Å². The summed E-state index contributed by atoms with van der Waals surface area (Å²) in [6.45, 7) is 1.89. The first-order valence-electron chi connectivity index (χ1n) is 6.30. The second kappa shape index (κ2) is 5.81. The molecule has 0 amide bonds. The van der Waals surface area contributed by atoms with Crippen molar-refractivity contribution in [2.24, 2.45) is 5.73 Å². The van der Waals surface area contributed by atoms with Crippen molar-refractivity contribution < 1.29 is 9.13 Å². The van der Waals surface area contributed by atoms with Crippen LogP contribution in [-0.2, 0) is 12.0 Å². The third-order valence-corrected chi connectivity index (χ3v) is 3.61. The van der Waals surface area contributed by atoms with Crippen molar-refractivity contribution >= 4 is 11.6 Å². The quantitative estimate of drug-likeness (QED) is 0.928. The fourth-order valence-electron chi connectivity index (χ4n) is 2.26. The van der Waals surface area contributed by atoms with E-state index in [4.69, 9.17) is 22.1 Å². The summed E-state index contributed by atoms with van der Waals surface area (Å²) in [6, 6.07) is 12.3. The summed E-state index contributed by atoms with van der Waals surface area (Å²) in [5, 5.41) is 0.617. The Kier molecular flexibility index (Phi) is 4.31. The van der Waals surface area contributed by atoms with Crippen LogP contribution in [0, 0.1) is 5.82 Å². The predicted molar refractivity (Wildman–Crippen MR) is 79.6 cm³/mol. The fourth-order valence-corrected chi connectivity index (χ4v) is 2.62. The molecule has 0 aliphatic heterocycles. The lowest BCUT2D eigenvalue weighted by Crippen LogP contribution is -2.35. The molecule has 0 saturated carbocycles. The highest BCUT2D eigenvalue weighted by Gasteiger charge is 2.24. The molecule has 0 saturated heterocycles. The van der Waals surface area contributed by atoms with Crippen molar-refractivity contribution in [3.63, 3.8) is 0 Å². The smallest absolute Gasteiger partial charge is 0.165 e. The Morgan fingerprint density at radius 2 is 1.95 bits per heavy atom. The number of benzene rings is 2. The first-order chi connectivity index (χ1) is 9.44. The van der Waals surface area contributed by atoms with E-state index in [2.05, 4.69) is 0 Å². The van der Waals surface area contributed by atoms with Crippen LogP contribution in [0.2, 0.25) is 5.02 Å². The van der Waals surface area contributed by atoms with Crippen molar-refractivity contribution in [1.82, 2.24) is 0 Å². The molecule has 0 bridgehead atoms. The van der Waals surface area contributed by atoms with Gasteiger partial charge in [-0.25, -0.2) is 4.39 Å². The summed E-state index contributed by atoms with van der Waals surface area (Å²) in [7, 11) is 1.44. The number of rotatable bonds is 4. The van der Waals surface area contributed by atoms with Crippen LogP contribution in [-0.4, -0.2) is 7.11 Å². The normalized spacial score (nSPS) is 13.8. The first kappa shape index (κ1) is 14.8. The lowest BCUT2D eigenvalue weighted by Gasteiger charge is -2.26. The number of hydrogen-bond donors (Lipinski definition) is 1. The minimum atomic E-state index is -0.667. The first-order valence-corrected chi connectivity index (χ1v) is 6.68. The Balaban J connectivity index is 2.28. The number of nitrogens with two attached hydrogens (primary N) is 1. The third-order valence-electron chi connectivity index (χ3n) is 3.28. The standard InChI is InChI=1S/C16H17ClFNO/c1-16(19,12-5-3-4-6-13(12)17)10-11-7-8-15(20-2)14(18)9-11/h3-9H,10,19H2,1-2H3. The number of halogens is 2.